The molecule has 6 heteroatoms. The quantitative estimate of drug-likeness (QED) is 0.730. The number of benzene rings is 1. The lowest BCUT2D eigenvalue weighted by Gasteiger charge is -1.98. The molecule has 0 saturated carbocycles. The Kier molecular flexibility index (Phi) is 3.30. The summed E-state index contributed by atoms with van der Waals surface area (Å²) in [7, 11) is 1.93. The molecule has 0 aliphatic rings. The first-order valence-electron chi connectivity index (χ1n) is 6.04. The van der Waals surface area contributed by atoms with Crippen LogP contribution >= 0.6 is 11.3 Å². The standard InChI is InChI=1S/C14H12N4OS/c1-18-11-4-2-3-5-12(11)20-14(18)17-16-13(19)10-6-8-15-9-7-10/h2-9H,1H3,(H,16,19). The highest BCUT2D eigenvalue weighted by molar-refractivity contribution is 7.16. The Bertz CT molecular complexity index is 820. The maximum Gasteiger partial charge on any atom is 0.271 e. The van der Waals surface area contributed by atoms with Crippen LogP contribution < -0.4 is 10.2 Å². The van der Waals surface area contributed by atoms with Crippen LogP contribution in [0, 0.1) is 0 Å². The fourth-order valence-electron chi connectivity index (χ4n) is 1.85. The van der Waals surface area contributed by atoms with Crippen LogP contribution in [0.4, 0.5) is 0 Å². The number of pyridine rings is 1. The number of hydrogen-bond donors (Lipinski definition) is 1. The molecule has 0 atom stereocenters. The average molecular weight is 284 g/mol. The Morgan fingerprint density at radius 2 is 2.00 bits per heavy atom. The number of aryl methyl sites for hydroxylation is 1. The molecule has 2 heterocycles. The molecule has 0 aliphatic carbocycles. The third-order valence-electron chi connectivity index (χ3n) is 2.91. The lowest BCUT2D eigenvalue weighted by molar-refractivity contribution is 0.0953. The predicted molar refractivity (Wildman–Crippen MR) is 78.1 cm³/mol. The van der Waals surface area contributed by atoms with Gasteiger partial charge in [0, 0.05) is 25.0 Å². The van der Waals surface area contributed by atoms with Crippen molar-refractivity contribution in [1.29, 1.82) is 0 Å². The molecule has 100 valence electrons. The highest BCUT2D eigenvalue weighted by atomic mass is 32.1. The number of fused-ring (bicyclic) bond motifs is 1. The SMILES string of the molecule is Cn1c(=NNC(=O)c2ccncc2)sc2ccccc21. The number of hydrogen-bond acceptors (Lipinski definition) is 4. The monoisotopic (exact) mass is 284 g/mol. The number of amides is 1. The zero-order valence-corrected chi connectivity index (χ0v) is 11.6. The summed E-state index contributed by atoms with van der Waals surface area (Å²) in [5, 5.41) is 4.18. The van der Waals surface area contributed by atoms with E-state index in [-0.39, 0.29) is 5.91 Å². The van der Waals surface area contributed by atoms with E-state index in [1.165, 1.54) is 11.3 Å². The van der Waals surface area contributed by atoms with E-state index in [4.69, 9.17) is 0 Å². The highest BCUT2D eigenvalue weighted by Crippen LogP contribution is 2.14. The van der Waals surface area contributed by atoms with Crippen LogP contribution in [-0.2, 0) is 7.05 Å². The van der Waals surface area contributed by atoms with Gasteiger partial charge in [0.1, 0.15) is 0 Å². The van der Waals surface area contributed by atoms with Gasteiger partial charge in [-0.15, -0.1) is 5.10 Å². The van der Waals surface area contributed by atoms with Crippen molar-refractivity contribution < 1.29 is 4.79 Å². The lowest BCUT2D eigenvalue weighted by atomic mass is 10.3. The molecule has 1 aromatic carbocycles. The minimum atomic E-state index is -0.246. The molecule has 20 heavy (non-hydrogen) atoms. The van der Waals surface area contributed by atoms with Crippen molar-refractivity contribution in [3.8, 4) is 0 Å². The first-order valence-corrected chi connectivity index (χ1v) is 6.86. The van der Waals surface area contributed by atoms with Gasteiger partial charge in [0.15, 0.2) is 0 Å². The summed E-state index contributed by atoms with van der Waals surface area (Å²) in [5.41, 5.74) is 4.19. The van der Waals surface area contributed by atoms with E-state index in [0.717, 1.165) is 15.0 Å². The third-order valence-corrected chi connectivity index (χ3v) is 4.02. The van der Waals surface area contributed by atoms with Crippen molar-refractivity contribution in [2.45, 2.75) is 0 Å². The van der Waals surface area contributed by atoms with Gasteiger partial charge in [-0.25, -0.2) is 5.43 Å². The third kappa shape index (κ3) is 2.33. The summed E-state index contributed by atoms with van der Waals surface area (Å²) in [4.78, 5) is 16.5. The van der Waals surface area contributed by atoms with Crippen molar-refractivity contribution >= 4 is 27.5 Å². The van der Waals surface area contributed by atoms with Crippen molar-refractivity contribution in [2.24, 2.45) is 12.1 Å². The first kappa shape index (κ1) is 12.6. The molecule has 0 aliphatic heterocycles. The average Bonchev–Trinajstić information content (AvgIpc) is 2.83. The van der Waals surface area contributed by atoms with Gasteiger partial charge in [-0.2, -0.15) is 0 Å². The van der Waals surface area contributed by atoms with Crippen LogP contribution in [0.15, 0.2) is 53.9 Å². The second kappa shape index (κ2) is 5.26. The number of nitrogens with one attached hydrogen (secondary N) is 1. The summed E-state index contributed by atoms with van der Waals surface area (Å²) in [6.07, 6.45) is 3.16. The smallest absolute Gasteiger partial charge is 0.271 e. The minimum absolute atomic E-state index is 0.246. The Balaban J connectivity index is 1.92. The van der Waals surface area contributed by atoms with Gasteiger partial charge in [-0.1, -0.05) is 23.5 Å². The molecule has 0 fully saturated rings. The zero-order chi connectivity index (χ0) is 13.9. The van der Waals surface area contributed by atoms with Gasteiger partial charge in [0.25, 0.3) is 5.91 Å². The Hall–Kier alpha value is -2.47. The van der Waals surface area contributed by atoms with Crippen molar-refractivity contribution in [3.63, 3.8) is 0 Å². The summed E-state index contributed by atoms with van der Waals surface area (Å²) < 4.78 is 3.08. The predicted octanol–water partition coefficient (Wildman–Crippen LogP) is 1.88. The number of carbonyl (C=O) groups excluding carboxylic acids is 1. The van der Waals surface area contributed by atoms with E-state index >= 15 is 0 Å². The molecule has 5 nitrogen and oxygen atoms in total. The van der Waals surface area contributed by atoms with Crippen LogP contribution in [0.1, 0.15) is 10.4 Å². The van der Waals surface area contributed by atoms with Gasteiger partial charge < -0.3 is 4.57 Å². The lowest BCUT2D eigenvalue weighted by Crippen LogP contribution is -2.23. The number of rotatable bonds is 2. The van der Waals surface area contributed by atoms with E-state index < -0.39 is 0 Å². The number of nitrogens with zero attached hydrogens (tertiary/aromatic N) is 3. The van der Waals surface area contributed by atoms with E-state index in [0.29, 0.717) is 5.56 Å². The van der Waals surface area contributed by atoms with Gasteiger partial charge in [0.2, 0.25) is 4.80 Å². The molecule has 0 radical (unpaired) electrons. The summed E-state index contributed by atoms with van der Waals surface area (Å²) in [6.45, 7) is 0. The van der Waals surface area contributed by atoms with Gasteiger partial charge >= 0.3 is 0 Å². The normalized spacial score (nSPS) is 11.8. The molecule has 0 saturated heterocycles. The van der Waals surface area contributed by atoms with Crippen LogP contribution in [0.3, 0.4) is 0 Å². The number of thiazole rings is 1. The fourth-order valence-corrected chi connectivity index (χ4v) is 2.83. The summed E-state index contributed by atoms with van der Waals surface area (Å²) in [5.74, 6) is -0.246. The van der Waals surface area contributed by atoms with E-state index in [9.17, 15) is 4.79 Å². The maximum absolute atomic E-state index is 11.9. The molecule has 2 aromatic heterocycles. The van der Waals surface area contributed by atoms with Crippen molar-refractivity contribution in [2.75, 3.05) is 0 Å². The molecular formula is C14H12N4OS. The summed E-state index contributed by atoms with van der Waals surface area (Å²) >= 11 is 1.53. The number of para-hydroxylation sites is 1. The maximum atomic E-state index is 11.9. The van der Waals surface area contributed by atoms with Crippen molar-refractivity contribution in [3.05, 3.63) is 59.2 Å². The second-order valence-corrected chi connectivity index (χ2v) is 5.21. The van der Waals surface area contributed by atoms with Gasteiger partial charge in [0.05, 0.1) is 10.2 Å². The molecule has 1 N–H and O–H groups in total. The fraction of sp³-hybridized carbons (Fsp3) is 0.0714. The Labute approximate surface area is 119 Å². The van der Waals surface area contributed by atoms with E-state index in [1.807, 2.05) is 35.9 Å². The van der Waals surface area contributed by atoms with Crippen molar-refractivity contribution in [1.82, 2.24) is 15.0 Å². The van der Waals surface area contributed by atoms with Crippen LogP contribution in [0.25, 0.3) is 10.2 Å². The molecule has 3 rings (SSSR count). The van der Waals surface area contributed by atoms with Gasteiger partial charge in [-0.3, -0.25) is 9.78 Å². The zero-order valence-electron chi connectivity index (χ0n) is 10.8. The first-order chi connectivity index (χ1) is 9.75. The summed E-state index contributed by atoms with van der Waals surface area (Å²) in [6, 6.07) is 11.3. The topological polar surface area (TPSA) is 59.3 Å². The van der Waals surface area contributed by atoms with E-state index in [2.05, 4.69) is 15.5 Å². The van der Waals surface area contributed by atoms with Crippen LogP contribution in [0.5, 0.6) is 0 Å². The molecule has 0 spiro atoms. The largest absolute Gasteiger partial charge is 0.318 e. The second-order valence-electron chi connectivity index (χ2n) is 4.20. The highest BCUT2D eigenvalue weighted by Gasteiger charge is 2.04. The molecule has 0 unspecified atom stereocenters. The number of carbonyl (C=O) groups is 1. The van der Waals surface area contributed by atoms with Gasteiger partial charge in [-0.05, 0) is 24.3 Å². The molecule has 3 aromatic rings. The molecule has 0 bridgehead atoms. The van der Waals surface area contributed by atoms with Crippen LogP contribution in [0.2, 0.25) is 0 Å². The molecular weight excluding hydrogens is 272 g/mol. The molecule has 1 amide bonds. The Morgan fingerprint density at radius 3 is 2.75 bits per heavy atom. The van der Waals surface area contributed by atoms with Crippen LogP contribution in [-0.4, -0.2) is 15.5 Å². The minimum Gasteiger partial charge on any atom is -0.318 e. The van der Waals surface area contributed by atoms with E-state index in [1.54, 1.807) is 24.5 Å². The Morgan fingerprint density at radius 1 is 1.25 bits per heavy atom. The number of aromatic nitrogens is 2.